The number of nitrogens with zero attached hydrogens (tertiary/aromatic N) is 2. The van der Waals surface area contributed by atoms with Crippen LogP contribution in [-0.4, -0.2) is 77.3 Å². The van der Waals surface area contributed by atoms with Crippen LogP contribution in [0.1, 0.15) is 6.42 Å². The molecule has 0 radical (unpaired) electrons. The van der Waals surface area contributed by atoms with Crippen LogP contribution in [0.5, 0.6) is 0 Å². The molecule has 1 aliphatic rings. The van der Waals surface area contributed by atoms with Crippen LogP contribution in [0.15, 0.2) is 0 Å². The van der Waals surface area contributed by atoms with Crippen molar-refractivity contribution in [1.29, 1.82) is 0 Å². The van der Waals surface area contributed by atoms with Crippen molar-refractivity contribution in [2.75, 3.05) is 33.3 Å². The number of carboxylic acid groups (broad SMARTS) is 1. The first-order valence-electron chi connectivity index (χ1n) is 5.58. The Balaban J connectivity index is 2.54. The van der Waals surface area contributed by atoms with Gasteiger partial charge in [-0.3, -0.25) is 4.79 Å². The van der Waals surface area contributed by atoms with Crippen molar-refractivity contribution in [2.45, 2.75) is 12.5 Å². The summed E-state index contributed by atoms with van der Waals surface area (Å²) in [7, 11) is 1.64. The first-order chi connectivity index (χ1) is 8.45. The Kier molecular flexibility index (Phi) is 4.90. The summed E-state index contributed by atoms with van der Waals surface area (Å²) in [4.78, 5) is 36.7. The molecule has 3 amide bonds. The number of carbonyl (C=O) groups is 3. The lowest BCUT2D eigenvalue weighted by molar-refractivity contribution is -0.139. The first kappa shape index (κ1) is 14.2. The summed E-state index contributed by atoms with van der Waals surface area (Å²) < 4.78 is 0. The lowest BCUT2D eigenvalue weighted by atomic mass is 10.2. The number of rotatable bonds is 4. The van der Waals surface area contributed by atoms with Crippen molar-refractivity contribution in [3.05, 3.63) is 0 Å². The number of aliphatic carboxylic acids is 1. The van der Waals surface area contributed by atoms with Gasteiger partial charge >= 0.3 is 12.0 Å². The van der Waals surface area contributed by atoms with E-state index < -0.39 is 18.0 Å². The molecule has 0 aliphatic carbocycles. The van der Waals surface area contributed by atoms with Crippen molar-refractivity contribution in [3.63, 3.8) is 0 Å². The van der Waals surface area contributed by atoms with Gasteiger partial charge in [-0.05, 0) is 0 Å². The maximum absolute atomic E-state index is 11.7. The Bertz CT molecular complexity index is 346. The summed E-state index contributed by atoms with van der Waals surface area (Å²) in [5.41, 5.74) is 0. The van der Waals surface area contributed by atoms with Gasteiger partial charge in [-0.15, -0.1) is 0 Å². The lowest BCUT2D eigenvalue weighted by Crippen LogP contribution is -2.56. The van der Waals surface area contributed by atoms with Crippen molar-refractivity contribution in [2.24, 2.45) is 0 Å². The molecule has 0 bridgehead atoms. The Morgan fingerprint density at radius 3 is 2.61 bits per heavy atom. The van der Waals surface area contributed by atoms with Gasteiger partial charge in [0.15, 0.2) is 0 Å². The van der Waals surface area contributed by atoms with Gasteiger partial charge in [0.05, 0.1) is 0 Å². The van der Waals surface area contributed by atoms with Gasteiger partial charge in [0, 0.05) is 33.2 Å². The highest BCUT2D eigenvalue weighted by atomic mass is 16.4. The van der Waals surface area contributed by atoms with E-state index in [4.69, 9.17) is 10.2 Å². The van der Waals surface area contributed by atoms with E-state index in [0.717, 1.165) is 0 Å². The fourth-order valence-corrected chi connectivity index (χ4v) is 1.56. The fraction of sp³-hybridized carbons (Fsp3) is 0.700. The number of hydrogen-bond donors (Lipinski definition) is 3. The van der Waals surface area contributed by atoms with E-state index in [1.807, 2.05) is 0 Å². The highest BCUT2D eigenvalue weighted by molar-refractivity contribution is 5.87. The minimum atomic E-state index is -1.21. The number of likely N-dealkylation sites (N-methyl/N-ethyl adjacent to an activating group) is 1. The van der Waals surface area contributed by atoms with Gasteiger partial charge in [-0.1, -0.05) is 0 Å². The molecule has 102 valence electrons. The van der Waals surface area contributed by atoms with Gasteiger partial charge in [-0.25, -0.2) is 9.59 Å². The fourth-order valence-electron chi connectivity index (χ4n) is 1.56. The van der Waals surface area contributed by atoms with E-state index in [9.17, 15) is 14.4 Å². The summed E-state index contributed by atoms with van der Waals surface area (Å²) in [6.45, 7) is 0.385. The van der Waals surface area contributed by atoms with Gasteiger partial charge in [-0.2, -0.15) is 0 Å². The van der Waals surface area contributed by atoms with E-state index >= 15 is 0 Å². The van der Waals surface area contributed by atoms with Crippen LogP contribution in [0, 0.1) is 0 Å². The van der Waals surface area contributed by atoms with Crippen LogP contribution >= 0.6 is 0 Å². The van der Waals surface area contributed by atoms with Gasteiger partial charge in [0.25, 0.3) is 0 Å². The number of amides is 3. The molecule has 18 heavy (non-hydrogen) atoms. The monoisotopic (exact) mass is 259 g/mol. The molecular weight excluding hydrogens is 242 g/mol. The second-order valence-electron chi connectivity index (χ2n) is 4.09. The van der Waals surface area contributed by atoms with E-state index in [2.05, 4.69) is 5.32 Å². The smallest absolute Gasteiger partial charge is 0.326 e. The molecular formula is C10H17N3O5. The molecule has 0 unspecified atom stereocenters. The summed E-state index contributed by atoms with van der Waals surface area (Å²) in [6, 6.07) is -1.74. The number of carboxylic acids is 1. The summed E-state index contributed by atoms with van der Waals surface area (Å²) >= 11 is 0. The Morgan fingerprint density at radius 1 is 1.44 bits per heavy atom. The quantitative estimate of drug-likeness (QED) is 0.557. The van der Waals surface area contributed by atoms with E-state index in [1.54, 1.807) is 7.05 Å². The Labute approximate surface area is 104 Å². The normalized spacial score (nSPS) is 17.6. The van der Waals surface area contributed by atoms with E-state index in [1.165, 1.54) is 9.80 Å². The van der Waals surface area contributed by atoms with Crippen LogP contribution in [0.25, 0.3) is 0 Å². The molecule has 1 saturated heterocycles. The van der Waals surface area contributed by atoms with Gasteiger partial charge in [0.2, 0.25) is 5.91 Å². The molecule has 8 heteroatoms. The zero-order valence-electron chi connectivity index (χ0n) is 10.1. The number of nitrogens with one attached hydrogen (secondary N) is 1. The SMILES string of the molecule is CN1CCN(C(=O)N[C@H](CCO)C(=O)O)CC1=O. The molecule has 0 aromatic rings. The Hall–Kier alpha value is -1.83. The average Bonchev–Trinajstić information content (AvgIpc) is 2.31. The van der Waals surface area contributed by atoms with Crippen LogP contribution in [0.2, 0.25) is 0 Å². The molecule has 1 heterocycles. The number of urea groups is 1. The summed E-state index contributed by atoms with van der Waals surface area (Å²) in [5.74, 6) is -1.40. The number of piperazine rings is 1. The van der Waals surface area contributed by atoms with E-state index in [-0.39, 0.29) is 25.5 Å². The average molecular weight is 259 g/mol. The largest absolute Gasteiger partial charge is 0.480 e. The molecule has 3 N–H and O–H groups in total. The predicted octanol–water partition coefficient (Wildman–Crippen LogP) is -1.69. The Morgan fingerprint density at radius 2 is 2.11 bits per heavy atom. The summed E-state index contributed by atoms with van der Waals surface area (Å²) in [5, 5.41) is 19.8. The third-order valence-electron chi connectivity index (χ3n) is 2.76. The lowest BCUT2D eigenvalue weighted by Gasteiger charge is -2.32. The summed E-state index contributed by atoms with van der Waals surface area (Å²) in [6.07, 6.45) is -0.0667. The maximum Gasteiger partial charge on any atom is 0.326 e. The van der Waals surface area contributed by atoms with Crippen LogP contribution in [0.4, 0.5) is 4.79 Å². The molecule has 1 aliphatic heterocycles. The van der Waals surface area contributed by atoms with Crippen molar-refractivity contribution in [1.82, 2.24) is 15.1 Å². The molecule has 0 spiro atoms. The second-order valence-corrected chi connectivity index (χ2v) is 4.09. The predicted molar refractivity (Wildman–Crippen MR) is 60.9 cm³/mol. The number of aliphatic hydroxyl groups is 1. The van der Waals surface area contributed by atoms with Crippen LogP contribution in [0.3, 0.4) is 0 Å². The van der Waals surface area contributed by atoms with Crippen molar-refractivity contribution in [3.8, 4) is 0 Å². The molecule has 0 saturated carbocycles. The second kappa shape index (κ2) is 6.20. The van der Waals surface area contributed by atoms with Crippen molar-refractivity contribution < 1.29 is 24.6 Å². The standard InChI is InChI=1S/C10H17N3O5/c1-12-3-4-13(6-8(12)15)10(18)11-7(2-5-14)9(16)17/h7,14H,2-6H2,1H3,(H,11,18)(H,16,17)/t7-/m1/s1. The van der Waals surface area contributed by atoms with Gasteiger partial charge < -0.3 is 25.3 Å². The third kappa shape index (κ3) is 3.59. The third-order valence-corrected chi connectivity index (χ3v) is 2.76. The molecule has 1 fully saturated rings. The van der Waals surface area contributed by atoms with Gasteiger partial charge in [0.1, 0.15) is 12.6 Å². The topological polar surface area (TPSA) is 110 Å². The molecule has 8 nitrogen and oxygen atoms in total. The first-order valence-corrected chi connectivity index (χ1v) is 5.58. The van der Waals surface area contributed by atoms with E-state index in [0.29, 0.717) is 13.1 Å². The minimum absolute atomic E-state index is 0.0617. The maximum atomic E-state index is 11.7. The zero-order valence-corrected chi connectivity index (χ0v) is 10.1. The molecule has 1 rings (SSSR count). The van der Waals surface area contributed by atoms with Crippen LogP contribution < -0.4 is 5.32 Å². The molecule has 0 aromatic heterocycles. The minimum Gasteiger partial charge on any atom is -0.480 e. The van der Waals surface area contributed by atoms with Crippen LogP contribution in [-0.2, 0) is 9.59 Å². The molecule has 1 atom stereocenters. The highest BCUT2D eigenvalue weighted by Crippen LogP contribution is 2.02. The number of hydrogen-bond acceptors (Lipinski definition) is 4. The highest BCUT2D eigenvalue weighted by Gasteiger charge is 2.27. The molecule has 0 aromatic carbocycles. The number of carbonyl (C=O) groups excluding carboxylic acids is 2. The number of aliphatic hydroxyl groups excluding tert-OH is 1. The zero-order chi connectivity index (χ0) is 13.7. The van der Waals surface area contributed by atoms with Crippen molar-refractivity contribution >= 4 is 17.9 Å².